The lowest BCUT2D eigenvalue weighted by molar-refractivity contribution is -0.436. The molecule has 4 nitrogen and oxygen atoms in total. The zero-order valence-corrected chi connectivity index (χ0v) is 21.0. The third-order valence-corrected chi connectivity index (χ3v) is 7.97. The summed E-state index contributed by atoms with van der Waals surface area (Å²) in [7, 11) is 2.04. The van der Waals surface area contributed by atoms with Crippen molar-refractivity contribution >= 4 is 29.2 Å². The van der Waals surface area contributed by atoms with E-state index in [9.17, 15) is 9.59 Å². The van der Waals surface area contributed by atoms with E-state index < -0.39 is 0 Å². The van der Waals surface area contributed by atoms with Gasteiger partial charge in [0.05, 0.1) is 21.9 Å². The number of rotatable bonds is 4. The van der Waals surface area contributed by atoms with Gasteiger partial charge in [-0.1, -0.05) is 57.2 Å². The number of benzene rings is 2. The fourth-order valence-electron chi connectivity index (χ4n) is 6.02. The van der Waals surface area contributed by atoms with Gasteiger partial charge in [0.1, 0.15) is 6.54 Å². The van der Waals surface area contributed by atoms with Crippen molar-refractivity contribution < 1.29 is 4.58 Å². The van der Waals surface area contributed by atoms with Crippen molar-refractivity contribution in [3.8, 4) is 0 Å². The molecule has 5 rings (SSSR count). The van der Waals surface area contributed by atoms with Gasteiger partial charge in [0.15, 0.2) is 5.71 Å². The van der Waals surface area contributed by atoms with E-state index in [2.05, 4.69) is 74.4 Å². The molecule has 0 N–H and O–H groups in total. The van der Waals surface area contributed by atoms with Gasteiger partial charge in [0.25, 0.3) is 0 Å². The Bertz CT molecular complexity index is 1500. The smallest absolute Gasteiger partial charge is 0.209 e. The van der Waals surface area contributed by atoms with E-state index in [4.69, 9.17) is 0 Å². The van der Waals surface area contributed by atoms with Crippen molar-refractivity contribution in [2.75, 3.05) is 18.5 Å². The number of likely N-dealkylation sites (N-methyl/N-ethyl adjacent to an activating group) is 1. The van der Waals surface area contributed by atoms with E-state index in [1.165, 1.54) is 16.8 Å². The van der Waals surface area contributed by atoms with Crippen LogP contribution in [0.1, 0.15) is 52.2 Å². The maximum Gasteiger partial charge on any atom is 0.209 e. The highest BCUT2D eigenvalue weighted by Crippen LogP contribution is 2.44. The summed E-state index contributed by atoms with van der Waals surface area (Å²) in [5, 5.41) is 0.624. The Morgan fingerprint density at radius 1 is 0.912 bits per heavy atom. The summed E-state index contributed by atoms with van der Waals surface area (Å²) in [4.78, 5) is 28.7. The van der Waals surface area contributed by atoms with Gasteiger partial charge in [-0.15, -0.1) is 0 Å². The summed E-state index contributed by atoms with van der Waals surface area (Å²) < 4.78 is 2.27. The highest BCUT2D eigenvalue weighted by molar-refractivity contribution is 6.15. The largest absolute Gasteiger partial charge is 0.367 e. The molecule has 0 amide bonds. The van der Waals surface area contributed by atoms with Crippen molar-refractivity contribution in [1.29, 1.82) is 0 Å². The average Bonchev–Trinajstić information content (AvgIpc) is 3.15. The standard InChI is InChI=1S/C30H33N2O2/c1-7-16-32-24-15-11-9-13-22(24)30(4,5)26(32)18-20-27(33)19(28(20)34)17-25-29(2,3)21-12-8-10-14-23(21)31(25)6/h8-15,17-18,25H,7,16H2,1-6H3/q+1. The molecule has 1 atom stereocenters. The maximum absolute atomic E-state index is 13.3. The molecule has 0 spiro atoms. The number of nitrogens with zero attached hydrogens (tertiary/aromatic N) is 2. The van der Waals surface area contributed by atoms with Crippen LogP contribution in [0.2, 0.25) is 0 Å². The van der Waals surface area contributed by atoms with Crippen LogP contribution < -0.4 is 26.2 Å². The Labute approximate surface area is 200 Å². The number of anilines is 1. The molecule has 0 saturated heterocycles. The molecule has 0 aliphatic carbocycles. The van der Waals surface area contributed by atoms with E-state index in [0.29, 0.717) is 10.4 Å². The highest BCUT2D eigenvalue weighted by atomic mass is 16.1. The molecular formula is C30H33N2O2+. The predicted molar refractivity (Wildman–Crippen MR) is 141 cm³/mol. The lowest BCUT2D eigenvalue weighted by Crippen LogP contribution is -2.66. The van der Waals surface area contributed by atoms with Gasteiger partial charge >= 0.3 is 0 Å². The van der Waals surface area contributed by atoms with Crippen molar-refractivity contribution in [1.82, 2.24) is 0 Å². The molecule has 3 aromatic rings. The normalized spacial score (nSPS) is 19.9. The first kappa shape index (κ1) is 22.5. The molecule has 0 aromatic heterocycles. The second-order valence-corrected chi connectivity index (χ2v) is 10.8. The van der Waals surface area contributed by atoms with Gasteiger partial charge in [-0.25, -0.2) is 0 Å². The molecule has 0 saturated carbocycles. The summed E-state index contributed by atoms with van der Waals surface area (Å²) in [6.45, 7) is 11.7. The quantitative estimate of drug-likeness (QED) is 0.570. The van der Waals surface area contributed by atoms with Crippen LogP contribution >= 0.6 is 0 Å². The summed E-state index contributed by atoms with van der Waals surface area (Å²) in [5.41, 5.74) is 5.08. The van der Waals surface area contributed by atoms with Crippen LogP contribution in [-0.4, -0.2) is 29.9 Å². The second kappa shape index (κ2) is 7.63. The van der Waals surface area contributed by atoms with E-state index >= 15 is 0 Å². The van der Waals surface area contributed by atoms with Gasteiger partial charge in [-0.3, -0.25) is 9.59 Å². The van der Waals surface area contributed by atoms with Crippen molar-refractivity contribution in [2.45, 2.75) is 57.9 Å². The molecule has 174 valence electrons. The van der Waals surface area contributed by atoms with Gasteiger partial charge in [-0.05, 0) is 31.6 Å². The molecular weight excluding hydrogens is 420 g/mol. The van der Waals surface area contributed by atoms with E-state index in [-0.39, 0.29) is 27.7 Å². The van der Waals surface area contributed by atoms with Crippen LogP contribution in [0.3, 0.4) is 0 Å². The SMILES string of the molecule is CCC[N+]1=C(C=c2c(=O)c(=CC3N(C)c4ccccc4C3(C)C)c2=O)C(C)(C)c2ccccc21. The topological polar surface area (TPSA) is 40.4 Å². The molecule has 3 aromatic carbocycles. The number of hydrogen-bond acceptors (Lipinski definition) is 3. The summed E-state index contributed by atoms with van der Waals surface area (Å²) in [6, 6.07) is 16.6. The monoisotopic (exact) mass is 453 g/mol. The van der Waals surface area contributed by atoms with Gasteiger partial charge in [0.2, 0.25) is 16.5 Å². The summed E-state index contributed by atoms with van der Waals surface area (Å²) in [6.07, 6.45) is 4.73. The average molecular weight is 454 g/mol. The third kappa shape index (κ3) is 3.01. The van der Waals surface area contributed by atoms with Crippen LogP contribution in [0.15, 0.2) is 58.1 Å². The third-order valence-electron chi connectivity index (χ3n) is 7.97. The highest BCUT2D eigenvalue weighted by Gasteiger charge is 2.44. The van der Waals surface area contributed by atoms with E-state index in [0.717, 1.165) is 24.4 Å². The minimum Gasteiger partial charge on any atom is -0.367 e. The van der Waals surface area contributed by atoms with Crippen molar-refractivity contribution in [3.05, 3.63) is 90.5 Å². The maximum atomic E-state index is 13.3. The lowest BCUT2D eigenvalue weighted by atomic mass is 9.79. The Morgan fingerprint density at radius 2 is 1.53 bits per heavy atom. The minimum atomic E-state index is -0.270. The first-order valence-electron chi connectivity index (χ1n) is 12.2. The zero-order chi connectivity index (χ0) is 24.4. The molecule has 0 radical (unpaired) electrons. The molecule has 4 heteroatoms. The molecule has 0 bridgehead atoms. The zero-order valence-electron chi connectivity index (χ0n) is 21.0. The van der Waals surface area contributed by atoms with Gasteiger partial charge in [-0.2, -0.15) is 4.58 Å². The Hall–Kier alpha value is -3.27. The molecule has 2 heterocycles. The molecule has 34 heavy (non-hydrogen) atoms. The number of fused-ring (bicyclic) bond motifs is 2. The van der Waals surface area contributed by atoms with Crippen LogP contribution in [0.25, 0.3) is 12.2 Å². The summed E-state index contributed by atoms with van der Waals surface area (Å²) in [5.74, 6) is 0. The van der Waals surface area contributed by atoms with E-state index in [1.807, 2.05) is 37.4 Å². The Kier molecular flexibility index (Phi) is 5.05. The molecule has 0 fully saturated rings. The Morgan fingerprint density at radius 3 is 2.18 bits per heavy atom. The lowest BCUT2D eigenvalue weighted by Gasteiger charge is -2.29. The number of hydrogen-bond donors (Lipinski definition) is 0. The van der Waals surface area contributed by atoms with Crippen LogP contribution in [-0.2, 0) is 10.8 Å². The Balaban J connectivity index is 1.63. The van der Waals surface area contributed by atoms with Gasteiger partial charge in [0, 0.05) is 42.3 Å². The van der Waals surface area contributed by atoms with Crippen LogP contribution in [0, 0.1) is 0 Å². The second-order valence-electron chi connectivity index (χ2n) is 10.8. The first-order valence-corrected chi connectivity index (χ1v) is 12.2. The molecule has 2 aliphatic heterocycles. The number of para-hydroxylation sites is 2. The van der Waals surface area contributed by atoms with Crippen molar-refractivity contribution in [3.63, 3.8) is 0 Å². The molecule has 1 unspecified atom stereocenters. The molecule has 2 aliphatic rings. The fourth-order valence-corrected chi connectivity index (χ4v) is 6.02. The minimum absolute atomic E-state index is 0.0502. The van der Waals surface area contributed by atoms with Crippen LogP contribution in [0.4, 0.5) is 11.4 Å². The van der Waals surface area contributed by atoms with Gasteiger partial charge < -0.3 is 4.90 Å². The predicted octanol–water partition coefficient (Wildman–Crippen LogP) is 3.13. The fraction of sp³-hybridized carbons (Fsp3) is 0.367. The van der Waals surface area contributed by atoms with Crippen LogP contribution in [0.5, 0.6) is 0 Å². The van der Waals surface area contributed by atoms with E-state index in [1.54, 1.807) is 0 Å². The summed E-state index contributed by atoms with van der Waals surface area (Å²) >= 11 is 0. The first-order chi connectivity index (χ1) is 16.1. The van der Waals surface area contributed by atoms with Crippen molar-refractivity contribution in [2.24, 2.45) is 0 Å².